The zero-order valence-corrected chi connectivity index (χ0v) is 14.2. The Morgan fingerprint density at radius 2 is 1.79 bits per heavy atom. The number of hydrogen-bond acceptors (Lipinski definition) is 5. The van der Waals surface area contributed by atoms with Gasteiger partial charge in [-0.25, -0.2) is 0 Å². The van der Waals surface area contributed by atoms with Crippen molar-refractivity contribution < 1.29 is 23.8 Å². The van der Waals surface area contributed by atoms with Crippen LogP contribution in [0.3, 0.4) is 0 Å². The Balaban J connectivity index is 1.61. The van der Waals surface area contributed by atoms with E-state index in [1.807, 2.05) is 12.1 Å². The van der Waals surface area contributed by atoms with Gasteiger partial charge >= 0.3 is 5.97 Å². The quantitative estimate of drug-likeness (QED) is 0.771. The summed E-state index contributed by atoms with van der Waals surface area (Å²) < 4.78 is 15.8. The number of carbonyl (C=O) groups is 2. The molecule has 1 aromatic carbocycles. The van der Waals surface area contributed by atoms with Crippen molar-refractivity contribution in [2.75, 3.05) is 27.4 Å². The van der Waals surface area contributed by atoms with Gasteiger partial charge in [0.15, 0.2) is 18.1 Å². The summed E-state index contributed by atoms with van der Waals surface area (Å²) in [6, 6.07) is 3.88. The minimum Gasteiger partial charge on any atom is -0.493 e. The summed E-state index contributed by atoms with van der Waals surface area (Å²) in [5, 5.41) is 0. The van der Waals surface area contributed by atoms with Crippen LogP contribution in [-0.2, 0) is 27.3 Å². The maximum Gasteiger partial charge on any atom is 0.309 e. The first-order valence-electron chi connectivity index (χ1n) is 8.30. The van der Waals surface area contributed by atoms with E-state index >= 15 is 0 Å². The Kier molecular flexibility index (Phi) is 4.92. The number of hydrogen-bond donors (Lipinski definition) is 0. The van der Waals surface area contributed by atoms with Crippen LogP contribution in [0.25, 0.3) is 0 Å². The van der Waals surface area contributed by atoms with E-state index in [1.54, 1.807) is 19.1 Å². The number of amides is 1. The van der Waals surface area contributed by atoms with Crippen LogP contribution in [0.5, 0.6) is 11.5 Å². The first kappa shape index (κ1) is 16.6. The molecular weight excluding hydrogens is 310 g/mol. The molecule has 130 valence electrons. The van der Waals surface area contributed by atoms with Crippen molar-refractivity contribution in [3.63, 3.8) is 0 Å². The second-order valence-corrected chi connectivity index (χ2v) is 6.28. The van der Waals surface area contributed by atoms with Gasteiger partial charge in [0.1, 0.15) is 0 Å². The summed E-state index contributed by atoms with van der Waals surface area (Å²) in [7, 11) is 3.20. The van der Waals surface area contributed by atoms with Crippen LogP contribution in [0.15, 0.2) is 12.1 Å². The SMILES string of the molecule is COc1cc2c(cc1OC)CN(C(=O)COC(=O)C1CCC1)CC2. The molecule has 0 saturated heterocycles. The average molecular weight is 333 g/mol. The Morgan fingerprint density at radius 3 is 2.38 bits per heavy atom. The maximum absolute atomic E-state index is 12.3. The van der Waals surface area contributed by atoms with Gasteiger partial charge in [-0.2, -0.15) is 0 Å². The lowest BCUT2D eigenvalue weighted by atomic mass is 9.86. The minimum absolute atomic E-state index is 0.00314. The number of methoxy groups -OCH3 is 2. The second kappa shape index (κ2) is 7.11. The van der Waals surface area contributed by atoms with Crippen molar-refractivity contribution in [2.45, 2.75) is 32.2 Å². The summed E-state index contributed by atoms with van der Waals surface area (Å²) in [4.78, 5) is 25.8. The molecule has 1 fully saturated rings. The first-order chi connectivity index (χ1) is 11.6. The van der Waals surface area contributed by atoms with E-state index in [9.17, 15) is 9.59 Å². The van der Waals surface area contributed by atoms with Crippen LogP contribution >= 0.6 is 0 Å². The van der Waals surface area contributed by atoms with Gasteiger partial charge in [-0.15, -0.1) is 0 Å². The molecule has 6 heteroatoms. The lowest BCUT2D eigenvalue weighted by Gasteiger charge is -2.30. The molecule has 1 aromatic rings. The smallest absolute Gasteiger partial charge is 0.309 e. The van der Waals surface area contributed by atoms with E-state index in [-0.39, 0.29) is 24.4 Å². The van der Waals surface area contributed by atoms with Gasteiger partial charge in [-0.05, 0) is 42.5 Å². The Hall–Kier alpha value is -2.24. The van der Waals surface area contributed by atoms with Gasteiger partial charge in [0.05, 0.1) is 20.1 Å². The highest BCUT2D eigenvalue weighted by Gasteiger charge is 2.28. The molecule has 0 bridgehead atoms. The largest absolute Gasteiger partial charge is 0.493 e. The molecule has 1 saturated carbocycles. The first-order valence-corrected chi connectivity index (χ1v) is 8.30. The maximum atomic E-state index is 12.3. The second-order valence-electron chi connectivity index (χ2n) is 6.28. The van der Waals surface area contributed by atoms with Crippen LogP contribution in [0.4, 0.5) is 0 Å². The van der Waals surface area contributed by atoms with Gasteiger partial charge in [-0.1, -0.05) is 6.42 Å². The van der Waals surface area contributed by atoms with E-state index in [0.29, 0.717) is 24.6 Å². The summed E-state index contributed by atoms with van der Waals surface area (Å²) in [5.41, 5.74) is 2.20. The normalized spacial score (nSPS) is 16.8. The molecule has 0 unspecified atom stereocenters. The number of carbonyl (C=O) groups excluding carboxylic acids is 2. The number of nitrogens with zero attached hydrogens (tertiary/aromatic N) is 1. The predicted octanol–water partition coefficient (Wildman–Crippen LogP) is 1.93. The minimum atomic E-state index is -0.238. The van der Waals surface area contributed by atoms with Crippen molar-refractivity contribution >= 4 is 11.9 Å². The average Bonchev–Trinajstić information content (AvgIpc) is 2.56. The van der Waals surface area contributed by atoms with Gasteiger partial charge in [0.25, 0.3) is 5.91 Å². The van der Waals surface area contributed by atoms with Crippen LogP contribution in [0, 0.1) is 5.92 Å². The van der Waals surface area contributed by atoms with Gasteiger partial charge in [-0.3, -0.25) is 9.59 Å². The summed E-state index contributed by atoms with van der Waals surface area (Å²) in [5.74, 6) is 0.963. The molecule has 0 spiro atoms. The standard InChI is InChI=1S/C18H23NO5/c1-22-15-8-13-6-7-19(10-14(13)9-16(15)23-2)17(20)11-24-18(21)12-4-3-5-12/h8-9,12H,3-7,10-11H2,1-2H3. The molecule has 0 radical (unpaired) electrons. The highest BCUT2D eigenvalue weighted by molar-refractivity contribution is 5.81. The van der Waals surface area contributed by atoms with Gasteiger partial charge in [0, 0.05) is 13.1 Å². The van der Waals surface area contributed by atoms with Crippen LogP contribution in [-0.4, -0.2) is 44.1 Å². The van der Waals surface area contributed by atoms with E-state index < -0.39 is 0 Å². The lowest BCUT2D eigenvalue weighted by Crippen LogP contribution is -2.39. The van der Waals surface area contributed by atoms with Crippen molar-refractivity contribution in [3.8, 4) is 11.5 Å². The fraction of sp³-hybridized carbons (Fsp3) is 0.556. The number of fused-ring (bicyclic) bond motifs is 1. The molecular formula is C18H23NO5. The van der Waals surface area contributed by atoms with Crippen LogP contribution in [0.1, 0.15) is 30.4 Å². The van der Waals surface area contributed by atoms with E-state index in [2.05, 4.69) is 0 Å². The third kappa shape index (κ3) is 3.32. The van der Waals surface area contributed by atoms with Crippen LogP contribution in [0.2, 0.25) is 0 Å². The fourth-order valence-electron chi connectivity index (χ4n) is 3.08. The van der Waals surface area contributed by atoms with Crippen molar-refractivity contribution in [2.24, 2.45) is 5.92 Å². The van der Waals surface area contributed by atoms with E-state index in [0.717, 1.165) is 36.8 Å². The van der Waals surface area contributed by atoms with Crippen molar-refractivity contribution in [3.05, 3.63) is 23.3 Å². The van der Waals surface area contributed by atoms with E-state index in [4.69, 9.17) is 14.2 Å². The molecule has 24 heavy (non-hydrogen) atoms. The zero-order valence-electron chi connectivity index (χ0n) is 14.2. The monoisotopic (exact) mass is 333 g/mol. The third-order valence-electron chi connectivity index (χ3n) is 4.85. The molecule has 0 atom stereocenters. The molecule has 1 amide bonds. The lowest BCUT2D eigenvalue weighted by molar-refractivity contribution is -0.158. The fourth-order valence-corrected chi connectivity index (χ4v) is 3.08. The molecule has 1 aliphatic heterocycles. The third-order valence-corrected chi connectivity index (χ3v) is 4.85. The van der Waals surface area contributed by atoms with Crippen LogP contribution < -0.4 is 9.47 Å². The highest BCUT2D eigenvalue weighted by atomic mass is 16.5. The Morgan fingerprint density at radius 1 is 1.12 bits per heavy atom. The summed E-state index contributed by atoms with van der Waals surface area (Å²) in [6.07, 6.45) is 3.58. The Bertz CT molecular complexity index is 639. The van der Waals surface area contributed by atoms with E-state index in [1.165, 1.54) is 0 Å². The predicted molar refractivity (Wildman–Crippen MR) is 87.0 cm³/mol. The summed E-state index contributed by atoms with van der Waals surface area (Å²) >= 11 is 0. The molecule has 0 aromatic heterocycles. The Labute approximate surface area is 141 Å². The van der Waals surface area contributed by atoms with Gasteiger partial charge < -0.3 is 19.1 Å². The highest BCUT2D eigenvalue weighted by Crippen LogP contribution is 2.33. The molecule has 0 N–H and O–H groups in total. The van der Waals surface area contributed by atoms with Gasteiger partial charge in [0.2, 0.25) is 0 Å². The van der Waals surface area contributed by atoms with Crippen molar-refractivity contribution in [1.29, 1.82) is 0 Å². The molecule has 1 heterocycles. The molecule has 6 nitrogen and oxygen atoms in total. The molecule has 2 aliphatic rings. The topological polar surface area (TPSA) is 65.1 Å². The van der Waals surface area contributed by atoms with Crippen molar-refractivity contribution in [1.82, 2.24) is 4.90 Å². The zero-order chi connectivity index (χ0) is 17.1. The number of rotatable bonds is 5. The molecule has 3 rings (SSSR count). The number of esters is 1. The number of ether oxygens (including phenoxy) is 3. The number of benzene rings is 1. The molecule has 1 aliphatic carbocycles. The summed E-state index contributed by atoms with van der Waals surface area (Å²) in [6.45, 7) is 0.940.